The molecule has 0 aromatic heterocycles. The Balaban J connectivity index is 2.59. The third-order valence-corrected chi connectivity index (χ3v) is 2.50. The molecule has 6 nitrogen and oxygen atoms in total. The van der Waals surface area contributed by atoms with Crippen LogP contribution < -0.4 is 20.5 Å². The summed E-state index contributed by atoms with van der Waals surface area (Å²) in [5.41, 5.74) is 6.14. The predicted molar refractivity (Wildman–Crippen MR) is 70.1 cm³/mol. The molecule has 0 aliphatic carbocycles. The van der Waals surface area contributed by atoms with Gasteiger partial charge in [0, 0.05) is 12.7 Å². The third kappa shape index (κ3) is 5.58. The van der Waals surface area contributed by atoms with Crippen molar-refractivity contribution in [3.05, 3.63) is 23.8 Å². The molecular formula is C13H21N2O4+. The van der Waals surface area contributed by atoms with E-state index < -0.39 is 5.91 Å². The molecule has 1 amide bonds. The second kappa shape index (κ2) is 8.34. The van der Waals surface area contributed by atoms with Crippen LogP contribution in [0.3, 0.4) is 0 Å². The van der Waals surface area contributed by atoms with Crippen LogP contribution in [0.25, 0.3) is 0 Å². The van der Waals surface area contributed by atoms with Crippen LogP contribution in [0.1, 0.15) is 5.56 Å². The molecule has 0 aliphatic rings. The van der Waals surface area contributed by atoms with Crippen molar-refractivity contribution in [2.75, 3.05) is 34.0 Å². The lowest BCUT2D eigenvalue weighted by molar-refractivity contribution is -0.671. The van der Waals surface area contributed by atoms with Gasteiger partial charge >= 0.3 is 0 Å². The summed E-state index contributed by atoms with van der Waals surface area (Å²) in [6.45, 7) is 2.29. The molecule has 106 valence electrons. The van der Waals surface area contributed by atoms with E-state index in [-0.39, 0.29) is 6.61 Å². The zero-order valence-electron chi connectivity index (χ0n) is 11.3. The van der Waals surface area contributed by atoms with E-state index in [1.807, 2.05) is 12.1 Å². The lowest BCUT2D eigenvalue weighted by Gasteiger charge is -2.10. The highest BCUT2D eigenvalue weighted by Gasteiger charge is 2.07. The lowest BCUT2D eigenvalue weighted by Crippen LogP contribution is -2.83. The Morgan fingerprint density at radius 2 is 2.11 bits per heavy atom. The Hall–Kier alpha value is -1.79. The van der Waals surface area contributed by atoms with E-state index in [1.165, 1.54) is 0 Å². The van der Waals surface area contributed by atoms with E-state index in [4.69, 9.17) is 19.9 Å². The molecular weight excluding hydrogens is 248 g/mol. The maximum Gasteiger partial charge on any atom is 0.255 e. The molecule has 0 heterocycles. The third-order valence-electron chi connectivity index (χ3n) is 2.50. The average Bonchev–Trinajstić information content (AvgIpc) is 2.41. The molecule has 0 bridgehead atoms. The van der Waals surface area contributed by atoms with Gasteiger partial charge in [-0.1, -0.05) is 0 Å². The van der Waals surface area contributed by atoms with Crippen molar-refractivity contribution < 1.29 is 24.3 Å². The Morgan fingerprint density at radius 3 is 2.74 bits per heavy atom. The fourth-order valence-corrected chi connectivity index (χ4v) is 1.58. The van der Waals surface area contributed by atoms with Crippen molar-refractivity contribution in [3.8, 4) is 11.5 Å². The van der Waals surface area contributed by atoms with Crippen LogP contribution >= 0.6 is 0 Å². The molecule has 1 rings (SSSR count). The number of primary amides is 1. The number of benzene rings is 1. The van der Waals surface area contributed by atoms with Gasteiger partial charge in [0.15, 0.2) is 18.1 Å². The van der Waals surface area contributed by atoms with E-state index >= 15 is 0 Å². The average molecular weight is 269 g/mol. The van der Waals surface area contributed by atoms with Gasteiger partial charge in [0.2, 0.25) is 0 Å². The molecule has 0 saturated heterocycles. The highest BCUT2D eigenvalue weighted by atomic mass is 16.5. The summed E-state index contributed by atoms with van der Waals surface area (Å²) >= 11 is 0. The van der Waals surface area contributed by atoms with E-state index in [9.17, 15) is 4.79 Å². The maximum atomic E-state index is 10.7. The van der Waals surface area contributed by atoms with Crippen LogP contribution in [0, 0.1) is 0 Å². The van der Waals surface area contributed by atoms with Gasteiger partial charge in [-0.3, -0.25) is 4.79 Å². The summed E-state index contributed by atoms with van der Waals surface area (Å²) in [6, 6.07) is 5.60. The number of carbonyl (C=O) groups is 1. The molecule has 1 aromatic rings. The number of hydrogen-bond donors (Lipinski definition) is 2. The number of hydrogen-bond acceptors (Lipinski definition) is 4. The standard InChI is InChI=1S/C13H20N2O4/c1-17-6-5-15-8-10-3-4-11(12(7-10)18-2)19-9-13(14)16/h3-4,7,15H,5-6,8-9H2,1-2H3,(H2,14,16)/p+1. The zero-order chi connectivity index (χ0) is 14.1. The summed E-state index contributed by atoms with van der Waals surface area (Å²) < 4.78 is 15.5. The zero-order valence-corrected chi connectivity index (χ0v) is 11.3. The number of rotatable bonds is 9. The molecule has 19 heavy (non-hydrogen) atoms. The van der Waals surface area contributed by atoms with Crippen molar-refractivity contribution in [2.24, 2.45) is 5.73 Å². The topological polar surface area (TPSA) is 87.4 Å². The molecule has 0 aliphatic heterocycles. The Labute approximate surface area is 112 Å². The second-order valence-electron chi connectivity index (χ2n) is 4.01. The van der Waals surface area contributed by atoms with Crippen LogP contribution in [-0.4, -0.2) is 39.9 Å². The first-order valence-electron chi connectivity index (χ1n) is 6.06. The van der Waals surface area contributed by atoms with Gasteiger partial charge in [-0.05, 0) is 18.2 Å². The SMILES string of the molecule is COCC[NH2+]Cc1ccc(OCC(N)=O)c(OC)c1. The number of ether oxygens (including phenoxy) is 3. The fraction of sp³-hybridized carbons (Fsp3) is 0.462. The van der Waals surface area contributed by atoms with E-state index in [1.54, 1.807) is 20.3 Å². The molecule has 0 fully saturated rings. The largest absolute Gasteiger partial charge is 0.493 e. The first kappa shape index (κ1) is 15.3. The minimum Gasteiger partial charge on any atom is -0.493 e. The minimum absolute atomic E-state index is 0.157. The van der Waals surface area contributed by atoms with Crippen LogP contribution in [0.5, 0.6) is 11.5 Å². The van der Waals surface area contributed by atoms with Gasteiger partial charge in [-0.15, -0.1) is 0 Å². The van der Waals surface area contributed by atoms with Crippen molar-refractivity contribution in [1.29, 1.82) is 0 Å². The molecule has 0 atom stereocenters. The van der Waals surface area contributed by atoms with E-state index in [0.29, 0.717) is 11.5 Å². The van der Waals surface area contributed by atoms with Crippen molar-refractivity contribution in [3.63, 3.8) is 0 Å². The van der Waals surface area contributed by atoms with Gasteiger partial charge in [-0.25, -0.2) is 0 Å². The first-order chi connectivity index (χ1) is 9.17. The Morgan fingerprint density at radius 1 is 1.32 bits per heavy atom. The Kier molecular flexibility index (Phi) is 6.70. The molecule has 6 heteroatoms. The Bertz CT molecular complexity index is 410. The van der Waals surface area contributed by atoms with Crippen LogP contribution in [-0.2, 0) is 16.1 Å². The molecule has 0 unspecified atom stereocenters. The van der Waals surface area contributed by atoms with Gasteiger partial charge in [0.1, 0.15) is 6.54 Å². The smallest absolute Gasteiger partial charge is 0.255 e. The maximum absolute atomic E-state index is 10.7. The monoisotopic (exact) mass is 269 g/mol. The number of nitrogens with two attached hydrogens (primary N) is 2. The lowest BCUT2D eigenvalue weighted by atomic mass is 10.2. The summed E-state index contributed by atoms with van der Waals surface area (Å²) in [6.07, 6.45) is 0. The van der Waals surface area contributed by atoms with Crippen molar-refractivity contribution in [2.45, 2.75) is 6.54 Å². The van der Waals surface area contributed by atoms with Crippen molar-refractivity contribution in [1.82, 2.24) is 0 Å². The molecule has 0 radical (unpaired) electrons. The molecule has 4 N–H and O–H groups in total. The van der Waals surface area contributed by atoms with Crippen molar-refractivity contribution >= 4 is 5.91 Å². The number of quaternary nitrogens is 1. The van der Waals surface area contributed by atoms with Gasteiger partial charge in [0.05, 0.1) is 20.3 Å². The molecule has 1 aromatic carbocycles. The number of amides is 1. The normalized spacial score (nSPS) is 10.2. The molecule has 0 saturated carbocycles. The number of carbonyl (C=O) groups excluding carboxylic acids is 1. The first-order valence-corrected chi connectivity index (χ1v) is 6.06. The van der Waals surface area contributed by atoms with Gasteiger partial charge in [-0.2, -0.15) is 0 Å². The van der Waals surface area contributed by atoms with E-state index in [2.05, 4.69) is 5.32 Å². The van der Waals surface area contributed by atoms with Gasteiger partial charge in [0.25, 0.3) is 5.91 Å². The highest BCUT2D eigenvalue weighted by Crippen LogP contribution is 2.27. The quantitative estimate of drug-likeness (QED) is 0.579. The fourth-order valence-electron chi connectivity index (χ4n) is 1.58. The predicted octanol–water partition coefficient (Wildman–Crippen LogP) is -0.731. The second-order valence-corrected chi connectivity index (χ2v) is 4.01. The number of methoxy groups -OCH3 is 2. The minimum atomic E-state index is -0.515. The van der Waals surface area contributed by atoms with Gasteiger partial charge < -0.3 is 25.3 Å². The summed E-state index contributed by atoms with van der Waals surface area (Å²) in [5.74, 6) is 0.597. The van der Waals surface area contributed by atoms with Crippen LogP contribution in [0.2, 0.25) is 0 Å². The van der Waals surface area contributed by atoms with E-state index in [0.717, 1.165) is 25.3 Å². The summed E-state index contributed by atoms with van der Waals surface area (Å²) in [4.78, 5) is 10.7. The summed E-state index contributed by atoms with van der Waals surface area (Å²) in [7, 11) is 3.24. The highest BCUT2D eigenvalue weighted by molar-refractivity contribution is 5.75. The summed E-state index contributed by atoms with van der Waals surface area (Å²) in [5, 5.41) is 2.14. The van der Waals surface area contributed by atoms with Crippen LogP contribution in [0.4, 0.5) is 0 Å². The molecule has 0 spiro atoms. The van der Waals surface area contributed by atoms with Crippen LogP contribution in [0.15, 0.2) is 18.2 Å².